The molecule has 164 valence electrons. The second kappa shape index (κ2) is 11.5. The zero-order chi connectivity index (χ0) is 21.3. The molecule has 3 heterocycles. The maximum Gasteiger partial charge on any atom is 0.292 e. The smallest absolute Gasteiger partial charge is 0.292 e. The molecule has 2 fully saturated rings. The molecule has 2 aliphatic heterocycles. The van der Waals surface area contributed by atoms with Crippen molar-refractivity contribution in [3.63, 3.8) is 0 Å². The number of benzene rings is 1. The highest BCUT2D eigenvalue weighted by molar-refractivity contribution is 6.32. The number of nitrogens with zero attached hydrogens (tertiary/aromatic N) is 2. The van der Waals surface area contributed by atoms with Crippen LogP contribution in [-0.2, 0) is 9.47 Å². The van der Waals surface area contributed by atoms with E-state index in [0.29, 0.717) is 17.3 Å². The van der Waals surface area contributed by atoms with E-state index < -0.39 is 0 Å². The number of hydrogen-bond acceptors (Lipinski definition) is 5. The summed E-state index contributed by atoms with van der Waals surface area (Å²) in [6.07, 6.45) is 7.33. The molecule has 2 saturated heterocycles. The number of rotatable bonds is 5. The SMILES string of the molecule is CCC.O=c1c(Cl)c(NCC2CCCOC2)cnn1-c1ccc(C2CCCO2)cc1. The summed E-state index contributed by atoms with van der Waals surface area (Å²) in [7, 11) is 0. The molecule has 7 heteroatoms. The molecule has 6 nitrogen and oxygen atoms in total. The van der Waals surface area contributed by atoms with Crippen LogP contribution in [0.2, 0.25) is 5.02 Å². The molecule has 30 heavy (non-hydrogen) atoms. The Hall–Kier alpha value is -1.89. The molecular formula is C23H32ClN3O3. The summed E-state index contributed by atoms with van der Waals surface area (Å²) >= 11 is 6.31. The van der Waals surface area contributed by atoms with E-state index in [-0.39, 0.29) is 16.7 Å². The Morgan fingerprint density at radius 2 is 1.90 bits per heavy atom. The maximum absolute atomic E-state index is 12.7. The van der Waals surface area contributed by atoms with Gasteiger partial charge in [-0.05, 0) is 49.3 Å². The van der Waals surface area contributed by atoms with E-state index in [1.165, 1.54) is 11.1 Å². The number of halogens is 1. The first-order valence-corrected chi connectivity index (χ1v) is 11.3. The van der Waals surface area contributed by atoms with Crippen LogP contribution < -0.4 is 10.9 Å². The predicted octanol–water partition coefficient (Wildman–Crippen LogP) is 4.99. The van der Waals surface area contributed by atoms with Crippen molar-refractivity contribution in [2.24, 2.45) is 5.92 Å². The Morgan fingerprint density at radius 3 is 2.53 bits per heavy atom. The number of hydrogen-bond donors (Lipinski definition) is 1. The van der Waals surface area contributed by atoms with Crippen LogP contribution >= 0.6 is 11.6 Å². The van der Waals surface area contributed by atoms with Crippen LogP contribution in [0.4, 0.5) is 5.69 Å². The number of nitrogens with one attached hydrogen (secondary N) is 1. The largest absolute Gasteiger partial charge is 0.382 e. The highest BCUT2D eigenvalue weighted by Crippen LogP contribution is 2.28. The van der Waals surface area contributed by atoms with E-state index in [4.69, 9.17) is 21.1 Å². The quantitative estimate of drug-likeness (QED) is 0.719. The summed E-state index contributed by atoms with van der Waals surface area (Å²) < 4.78 is 12.5. The van der Waals surface area contributed by atoms with Gasteiger partial charge in [-0.3, -0.25) is 4.79 Å². The topological polar surface area (TPSA) is 65.4 Å². The monoisotopic (exact) mass is 433 g/mol. The van der Waals surface area contributed by atoms with Crippen molar-refractivity contribution in [3.05, 3.63) is 51.4 Å². The van der Waals surface area contributed by atoms with Crippen molar-refractivity contribution in [1.82, 2.24) is 9.78 Å². The molecule has 0 aliphatic carbocycles. The molecule has 4 rings (SSSR count). The molecule has 1 aromatic heterocycles. The van der Waals surface area contributed by atoms with Crippen LogP contribution in [0.3, 0.4) is 0 Å². The third kappa shape index (κ3) is 5.84. The molecule has 0 saturated carbocycles. The highest BCUT2D eigenvalue weighted by Gasteiger charge is 2.18. The molecule has 2 atom stereocenters. The summed E-state index contributed by atoms with van der Waals surface area (Å²) in [4.78, 5) is 12.7. The molecule has 0 bridgehead atoms. The lowest BCUT2D eigenvalue weighted by atomic mass is 10.0. The minimum absolute atomic E-state index is 0.155. The predicted molar refractivity (Wildman–Crippen MR) is 121 cm³/mol. The minimum atomic E-state index is -0.327. The highest BCUT2D eigenvalue weighted by atomic mass is 35.5. The summed E-state index contributed by atoms with van der Waals surface area (Å²) in [5, 5.41) is 7.70. The Kier molecular flexibility index (Phi) is 8.73. The van der Waals surface area contributed by atoms with Gasteiger partial charge in [0.25, 0.3) is 5.56 Å². The normalized spacial score (nSPS) is 21.0. The second-order valence-corrected chi connectivity index (χ2v) is 8.23. The number of aromatic nitrogens is 2. The van der Waals surface area contributed by atoms with Gasteiger partial charge in [-0.1, -0.05) is 44.0 Å². The maximum atomic E-state index is 12.7. The summed E-state index contributed by atoms with van der Waals surface area (Å²) in [5.74, 6) is 0.433. The van der Waals surface area contributed by atoms with Gasteiger partial charge in [0, 0.05) is 19.8 Å². The average Bonchev–Trinajstić information content (AvgIpc) is 3.31. The number of ether oxygens (including phenoxy) is 2. The Bertz CT molecular complexity index is 842. The average molecular weight is 434 g/mol. The fourth-order valence-electron chi connectivity index (χ4n) is 3.63. The minimum Gasteiger partial charge on any atom is -0.382 e. The summed E-state index contributed by atoms with van der Waals surface area (Å²) in [6.45, 7) is 7.36. The Balaban J connectivity index is 0.000000806. The van der Waals surface area contributed by atoms with Crippen LogP contribution in [0.5, 0.6) is 0 Å². The summed E-state index contributed by atoms with van der Waals surface area (Å²) in [6, 6.07) is 7.74. The van der Waals surface area contributed by atoms with Crippen molar-refractivity contribution in [1.29, 1.82) is 0 Å². The lowest BCUT2D eigenvalue weighted by Gasteiger charge is -2.22. The fourth-order valence-corrected chi connectivity index (χ4v) is 3.83. The fraction of sp³-hybridized carbons (Fsp3) is 0.565. The zero-order valence-corrected chi connectivity index (χ0v) is 18.7. The standard InChI is InChI=1S/C20H24ClN3O3.C3H8/c21-19-17(22-11-14-3-1-9-26-13-14)12-23-24(20(19)25)16-7-5-15(6-8-16)18-4-2-10-27-18;1-3-2/h5-8,12,14,18,22H,1-4,9-11,13H2;3H2,1-2H3. The van der Waals surface area contributed by atoms with Crippen molar-refractivity contribution < 1.29 is 9.47 Å². The molecule has 0 radical (unpaired) electrons. The second-order valence-electron chi connectivity index (χ2n) is 7.85. The molecule has 2 aromatic rings. The van der Waals surface area contributed by atoms with Gasteiger partial charge in [0.05, 0.1) is 30.3 Å². The Labute approximate surface area is 183 Å². The van der Waals surface area contributed by atoms with Gasteiger partial charge >= 0.3 is 0 Å². The third-order valence-corrected chi connectivity index (χ3v) is 5.56. The lowest BCUT2D eigenvalue weighted by Crippen LogP contribution is -2.26. The van der Waals surface area contributed by atoms with E-state index in [1.54, 1.807) is 6.20 Å². The number of anilines is 1. The van der Waals surface area contributed by atoms with Crippen LogP contribution in [0, 0.1) is 5.92 Å². The first kappa shape index (κ1) is 22.8. The van der Waals surface area contributed by atoms with E-state index in [1.807, 2.05) is 24.3 Å². The van der Waals surface area contributed by atoms with Gasteiger partial charge in [-0.25, -0.2) is 0 Å². The van der Waals surface area contributed by atoms with Gasteiger partial charge in [-0.2, -0.15) is 9.78 Å². The molecule has 2 aliphatic rings. The van der Waals surface area contributed by atoms with Gasteiger partial charge in [0.2, 0.25) is 0 Å². The van der Waals surface area contributed by atoms with E-state index in [9.17, 15) is 4.79 Å². The van der Waals surface area contributed by atoms with Crippen molar-refractivity contribution in [3.8, 4) is 5.69 Å². The molecular weight excluding hydrogens is 402 g/mol. The molecule has 0 spiro atoms. The van der Waals surface area contributed by atoms with Crippen LogP contribution in [0.25, 0.3) is 5.69 Å². The summed E-state index contributed by atoms with van der Waals surface area (Å²) in [5.41, 5.74) is 2.06. The van der Waals surface area contributed by atoms with Gasteiger partial charge in [-0.15, -0.1) is 0 Å². The molecule has 1 aromatic carbocycles. The van der Waals surface area contributed by atoms with Crippen LogP contribution in [0.15, 0.2) is 35.3 Å². The van der Waals surface area contributed by atoms with Crippen LogP contribution in [0.1, 0.15) is 57.6 Å². The van der Waals surface area contributed by atoms with E-state index in [2.05, 4.69) is 24.3 Å². The first-order valence-electron chi connectivity index (χ1n) is 10.9. The van der Waals surface area contributed by atoms with E-state index in [0.717, 1.165) is 57.6 Å². The van der Waals surface area contributed by atoms with Gasteiger partial charge < -0.3 is 14.8 Å². The molecule has 0 amide bonds. The van der Waals surface area contributed by atoms with Crippen LogP contribution in [-0.4, -0.2) is 36.1 Å². The molecule has 2 unspecified atom stereocenters. The lowest BCUT2D eigenvalue weighted by molar-refractivity contribution is 0.0595. The van der Waals surface area contributed by atoms with Crippen molar-refractivity contribution in [2.45, 2.75) is 52.1 Å². The van der Waals surface area contributed by atoms with Crippen molar-refractivity contribution in [2.75, 3.05) is 31.7 Å². The van der Waals surface area contributed by atoms with Crippen molar-refractivity contribution >= 4 is 17.3 Å². The third-order valence-electron chi connectivity index (χ3n) is 5.19. The van der Waals surface area contributed by atoms with Gasteiger partial charge in [0.1, 0.15) is 5.02 Å². The van der Waals surface area contributed by atoms with E-state index >= 15 is 0 Å². The van der Waals surface area contributed by atoms with Gasteiger partial charge in [0.15, 0.2) is 0 Å². The molecule has 1 N–H and O–H groups in total. The first-order chi connectivity index (χ1) is 14.6. The zero-order valence-electron chi connectivity index (χ0n) is 17.9. The Morgan fingerprint density at radius 1 is 1.17 bits per heavy atom.